The first-order valence-corrected chi connectivity index (χ1v) is 6.61. The van der Waals surface area contributed by atoms with Gasteiger partial charge in [-0.25, -0.2) is 9.78 Å². The van der Waals surface area contributed by atoms with E-state index in [1.807, 2.05) is 0 Å². The number of fused-ring (bicyclic) bond motifs is 1. The fraction of sp³-hybridized carbons (Fsp3) is 0.385. The van der Waals surface area contributed by atoms with Crippen LogP contribution in [0.1, 0.15) is 36.8 Å². The number of esters is 1. The largest absolute Gasteiger partial charge is 0.455 e. The lowest BCUT2D eigenvalue weighted by Gasteiger charge is -2.18. The predicted octanol–water partition coefficient (Wildman–Crippen LogP) is 2.54. The van der Waals surface area contributed by atoms with E-state index in [0.717, 1.165) is 4.47 Å². The van der Waals surface area contributed by atoms with Gasteiger partial charge in [0, 0.05) is 22.4 Å². The molecular weight excluding hydrogens is 312 g/mol. The standard InChI is InChI=1S/C13H15BrN2O3/c1-13(2,3)19-12(18)10-6-16-5-9(14)4-8(7-17)11(16)15-10/h4-6,17H,7H2,1-3H3. The van der Waals surface area contributed by atoms with Crippen LogP contribution in [0, 0.1) is 0 Å². The third-order valence-corrected chi connectivity index (χ3v) is 2.81. The summed E-state index contributed by atoms with van der Waals surface area (Å²) in [6, 6.07) is 1.77. The number of pyridine rings is 1. The maximum Gasteiger partial charge on any atom is 0.359 e. The van der Waals surface area contributed by atoms with Gasteiger partial charge in [0.1, 0.15) is 11.2 Å². The van der Waals surface area contributed by atoms with E-state index >= 15 is 0 Å². The molecule has 0 atom stereocenters. The quantitative estimate of drug-likeness (QED) is 0.861. The summed E-state index contributed by atoms with van der Waals surface area (Å²) >= 11 is 3.34. The van der Waals surface area contributed by atoms with Gasteiger partial charge in [-0.15, -0.1) is 0 Å². The Bertz CT molecular complexity index is 629. The molecule has 0 amide bonds. The summed E-state index contributed by atoms with van der Waals surface area (Å²) in [6.45, 7) is 5.26. The van der Waals surface area contributed by atoms with Gasteiger partial charge in [-0.3, -0.25) is 0 Å². The van der Waals surface area contributed by atoms with Crippen LogP contribution < -0.4 is 0 Å². The highest BCUT2D eigenvalue weighted by molar-refractivity contribution is 9.10. The van der Waals surface area contributed by atoms with E-state index < -0.39 is 11.6 Å². The van der Waals surface area contributed by atoms with Gasteiger partial charge < -0.3 is 14.2 Å². The summed E-state index contributed by atoms with van der Waals surface area (Å²) in [4.78, 5) is 16.2. The number of aliphatic hydroxyl groups excluding tert-OH is 1. The highest BCUT2D eigenvalue weighted by Crippen LogP contribution is 2.19. The van der Waals surface area contributed by atoms with Crippen LogP contribution in [0.2, 0.25) is 0 Å². The van der Waals surface area contributed by atoms with Crippen molar-refractivity contribution < 1.29 is 14.6 Å². The lowest BCUT2D eigenvalue weighted by atomic mass is 10.2. The molecule has 102 valence electrons. The Kier molecular flexibility index (Phi) is 3.64. The molecular formula is C13H15BrN2O3. The van der Waals surface area contributed by atoms with Crippen molar-refractivity contribution in [3.8, 4) is 0 Å². The maximum absolute atomic E-state index is 11.9. The van der Waals surface area contributed by atoms with Crippen LogP contribution in [0.25, 0.3) is 5.65 Å². The van der Waals surface area contributed by atoms with E-state index in [1.165, 1.54) is 0 Å². The van der Waals surface area contributed by atoms with E-state index in [0.29, 0.717) is 11.2 Å². The van der Waals surface area contributed by atoms with Gasteiger partial charge in [0.25, 0.3) is 0 Å². The molecule has 0 spiro atoms. The van der Waals surface area contributed by atoms with Crippen LogP contribution in [-0.2, 0) is 11.3 Å². The van der Waals surface area contributed by atoms with Crippen molar-refractivity contribution in [2.75, 3.05) is 0 Å². The number of hydrogen-bond donors (Lipinski definition) is 1. The van der Waals surface area contributed by atoms with Crippen molar-refractivity contribution in [2.24, 2.45) is 0 Å². The smallest absolute Gasteiger partial charge is 0.359 e. The molecule has 6 heteroatoms. The fourth-order valence-electron chi connectivity index (χ4n) is 1.68. The van der Waals surface area contributed by atoms with Gasteiger partial charge in [-0.1, -0.05) is 0 Å². The van der Waals surface area contributed by atoms with Gasteiger partial charge in [0.05, 0.1) is 6.61 Å². The number of aromatic nitrogens is 2. The molecule has 0 aliphatic heterocycles. The first-order chi connectivity index (χ1) is 8.80. The number of hydrogen-bond acceptors (Lipinski definition) is 4. The molecule has 0 aromatic carbocycles. The average Bonchev–Trinajstić information content (AvgIpc) is 2.69. The fourth-order valence-corrected chi connectivity index (χ4v) is 2.17. The number of carbonyl (C=O) groups excluding carboxylic acids is 1. The van der Waals surface area contributed by atoms with Gasteiger partial charge in [-0.05, 0) is 42.8 Å². The van der Waals surface area contributed by atoms with E-state index in [-0.39, 0.29) is 12.3 Å². The highest BCUT2D eigenvalue weighted by atomic mass is 79.9. The minimum absolute atomic E-state index is 0.145. The zero-order valence-corrected chi connectivity index (χ0v) is 12.6. The van der Waals surface area contributed by atoms with E-state index in [2.05, 4.69) is 20.9 Å². The molecule has 0 saturated heterocycles. The normalized spacial score (nSPS) is 11.8. The second kappa shape index (κ2) is 4.94. The number of carbonyl (C=O) groups is 1. The number of nitrogens with zero attached hydrogens (tertiary/aromatic N) is 2. The molecule has 0 aliphatic carbocycles. The Balaban J connectivity index is 2.44. The summed E-state index contributed by atoms with van der Waals surface area (Å²) in [5, 5.41) is 9.30. The first kappa shape index (κ1) is 14.0. The number of imidazole rings is 1. The van der Waals surface area contributed by atoms with Crippen LogP contribution in [0.3, 0.4) is 0 Å². The van der Waals surface area contributed by atoms with Crippen molar-refractivity contribution >= 4 is 27.5 Å². The van der Waals surface area contributed by atoms with Crippen LogP contribution in [0.15, 0.2) is 22.9 Å². The minimum atomic E-state index is -0.562. The van der Waals surface area contributed by atoms with Crippen molar-refractivity contribution in [3.63, 3.8) is 0 Å². The van der Waals surface area contributed by atoms with Crippen molar-refractivity contribution in [2.45, 2.75) is 33.0 Å². The van der Waals surface area contributed by atoms with Gasteiger partial charge in [-0.2, -0.15) is 0 Å². The van der Waals surface area contributed by atoms with Crippen molar-refractivity contribution in [3.05, 3.63) is 34.2 Å². The molecule has 2 heterocycles. The van der Waals surface area contributed by atoms with Crippen LogP contribution in [0.5, 0.6) is 0 Å². The number of ether oxygens (including phenoxy) is 1. The molecule has 0 radical (unpaired) electrons. The van der Waals surface area contributed by atoms with Gasteiger partial charge >= 0.3 is 5.97 Å². The molecule has 2 aromatic rings. The first-order valence-electron chi connectivity index (χ1n) is 5.81. The second-order valence-corrected chi connectivity index (χ2v) is 6.12. The lowest BCUT2D eigenvalue weighted by molar-refractivity contribution is 0.00635. The average molecular weight is 327 g/mol. The SMILES string of the molecule is CC(C)(C)OC(=O)c1cn2cc(Br)cc(CO)c2n1. The predicted molar refractivity (Wildman–Crippen MR) is 74.0 cm³/mol. The minimum Gasteiger partial charge on any atom is -0.455 e. The summed E-state index contributed by atoms with van der Waals surface area (Å²) in [5.74, 6) is -0.476. The second-order valence-electron chi connectivity index (χ2n) is 5.20. The zero-order valence-electron chi connectivity index (χ0n) is 11.0. The summed E-state index contributed by atoms with van der Waals surface area (Å²) in [5.41, 5.74) is 0.853. The monoisotopic (exact) mass is 326 g/mol. The molecule has 2 aromatic heterocycles. The third kappa shape index (κ3) is 3.13. The number of aliphatic hydroxyl groups is 1. The van der Waals surface area contributed by atoms with Gasteiger partial charge in [0.2, 0.25) is 0 Å². The lowest BCUT2D eigenvalue weighted by Crippen LogP contribution is -2.24. The molecule has 0 bridgehead atoms. The van der Waals surface area contributed by atoms with E-state index in [9.17, 15) is 9.90 Å². The molecule has 5 nitrogen and oxygen atoms in total. The Morgan fingerprint density at radius 1 is 1.47 bits per heavy atom. The topological polar surface area (TPSA) is 63.8 Å². The van der Waals surface area contributed by atoms with Crippen LogP contribution >= 0.6 is 15.9 Å². The van der Waals surface area contributed by atoms with Crippen LogP contribution in [0.4, 0.5) is 0 Å². The molecule has 19 heavy (non-hydrogen) atoms. The maximum atomic E-state index is 11.9. The Labute approximate surface area is 119 Å². The number of halogens is 1. The molecule has 0 unspecified atom stereocenters. The van der Waals surface area contributed by atoms with Crippen molar-refractivity contribution in [1.29, 1.82) is 0 Å². The molecule has 0 aliphatic rings. The molecule has 1 N–H and O–H groups in total. The number of rotatable bonds is 2. The molecule has 2 rings (SSSR count). The van der Waals surface area contributed by atoms with E-state index in [1.54, 1.807) is 43.6 Å². The summed E-state index contributed by atoms with van der Waals surface area (Å²) in [7, 11) is 0. The Hall–Kier alpha value is -1.40. The molecule has 0 fully saturated rings. The Morgan fingerprint density at radius 2 is 2.16 bits per heavy atom. The van der Waals surface area contributed by atoms with E-state index in [4.69, 9.17) is 4.74 Å². The van der Waals surface area contributed by atoms with Gasteiger partial charge in [0.15, 0.2) is 5.69 Å². The zero-order chi connectivity index (χ0) is 14.2. The summed E-state index contributed by atoms with van der Waals surface area (Å²) < 4.78 is 7.76. The summed E-state index contributed by atoms with van der Waals surface area (Å²) in [6.07, 6.45) is 3.36. The molecule has 0 saturated carbocycles. The van der Waals surface area contributed by atoms with Crippen molar-refractivity contribution in [1.82, 2.24) is 9.38 Å². The highest BCUT2D eigenvalue weighted by Gasteiger charge is 2.21. The van der Waals surface area contributed by atoms with Crippen LogP contribution in [-0.4, -0.2) is 26.1 Å². The Morgan fingerprint density at radius 3 is 2.74 bits per heavy atom. The third-order valence-electron chi connectivity index (χ3n) is 2.37.